The van der Waals surface area contributed by atoms with Crippen LogP contribution < -0.4 is 17.1 Å². The second-order valence-corrected chi connectivity index (χ2v) is 7.37. The Balaban J connectivity index is 2.18. The SMILES string of the molecule is Cc1cccc(-n2c(=O)n(-c3cccc(C)c3)c(=O)n(-c3cccc(C)c3)c2=O)c1. The van der Waals surface area contributed by atoms with Gasteiger partial charge in [0.05, 0.1) is 17.1 Å². The predicted molar refractivity (Wildman–Crippen MR) is 117 cm³/mol. The van der Waals surface area contributed by atoms with Crippen LogP contribution in [0.25, 0.3) is 17.1 Å². The normalized spacial score (nSPS) is 10.9. The topological polar surface area (TPSA) is 66.0 Å². The molecule has 0 atom stereocenters. The standard InChI is InChI=1S/C24H21N3O3/c1-16-7-4-10-19(13-16)25-22(28)26(20-11-5-8-17(2)14-20)24(30)27(23(25)29)21-12-6-9-18(3)15-21/h4-15H,1-3H3. The van der Waals surface area contributed by atoms with Crippen LogP contribution in [-0.2, 0) is 0 Å². The molecule has 6 heteroatoms. The molecule has 1 heterocycles. The van der Waals surface area contributed by atoms with Crippen LogP contribution in [0, 0.1) is 20.8 Å². The Labute approximate surface area is 172 Å². The van der Waals surface area contributed by atoms with E-state index in [1.807, 2.05) is 39.0 Å². The second kappa shape index (κ2) is 7.48. The number of aromatic nitrogens is 3. The molecule has 3 aromatic carbocycles. The van der Waals surface area contributed by atoms with Gasteiger partial charge in [0.1, 0.15) is 0 Å². The van der Waals surface area contributed by atoms with E-state index in [2.05, 4.69) is 0 Å². The molecule has 0 unspecified atom stereocenters. The van der Waals surface area contributed by atoms with Gasteiger partial charge in [-0.1, -0.05) is 36.4 Å². The zero-order chi connectivity index (χ0) is 21.4. The molecule has 0 N–H and O–H groups in total. The fraction of sp³-hybridized carbons (Fsp3) is 0.125. The maximum atomic E-state index is 13.4. The number of hydrogen-bond donors (Lipinski definition) is 0. The number of aryl methyl sites for hydroxylation is 3. The van der Waals surface area contributed by atoms with Gasteiger partial charge < -0.3 is 0 Å². The van der Waals surface area contributed by atoms with Gasteiger partial charge in [-0.25, -0.2) is 28.1 Å². The Hall–Kier alpha value is -3.93. The highest BCUT2D eigenvalue weighted by atomic mass is 16.2. The summed E-state index contributed by atoms with van der Waals surface area (Å²) in [5.74, 6) is 0. The minimum absolute atomic E-state index is 0.410. The Kier molecular flexibility index (Phi) is 4.83. The molecule has 4 rings (SSSR count). The van der Waals surface area contributed by atoms with E-state index in [1.54, 1.807) is 54.6 Å². The minimum Gasteiger partial charge on any atom is -0.246 e. The molecule has 0 aliphatic heterocycles. The lowest BCUT2D eigenvalue weighted by molar-refractivity contribution is 0.659. The van der Waals surface area contributed by atoms with E-state index in [9.17, 15) is 14.4 Å². The van der Waals surface area contributed by atoms with Crippen LogP contribution >= 0.6 is 0 Å². The molecule has 4 aromatic rings. The molecule has 6 nitrogen and oxygen atoms in total. The average Bonchev–Trinajstić information content (AvgIpc) is 2.68. The van der Waals surface area contributed by atoms with Crippen molar-refractivity contribution < 1.29 is 0 Å². The van der Waals surface area contributed by atoms with Gasteiger partial charge in [0.2, 0.25) is 0 Å². The summed E-state index contributed by atoms with van der Waals surface area (Å²) in [6.45, 7) is 5.64. The van der Waals surface area contributed by atoms with Crippen molar-refractivity contribution in [3.63, 3.8) is 0 Å². The lowest BCUT2D eigenvalue weighted by Crippen LogP contribution is -2.52. The summed E-state index contributed by atoms with van der Waals surface area (Å²) in [4.78, 5) is 40.2. The van der Waals surface area contributed by atoms with Crippen LogP contribution in [0.15, 0.2) is 87.2 Å². The molecule has 0 radical (unpaired) electrons. The van der Waals surface area contributed by atoms with Gasteiger partial charge in [-0.3, -0.25) is 0 Å². The van der Waals surface area contributed by atoms with Crippen molar-refractivity contribution in [3.05, 3.63) is 121 Å². The van der Waals surface area contributed by atoms with E-state index in [-0.39, 0.29) is 0 Å². The highest BCUT2D eigenvalue weighted by Crippen LogP contribution is 2.10. The summed E-state index contributed by atoms with van der Waals surface area (Å²) in [5.41, 5.74) is 1.81. The third-order valence-electron chi connectivity index (χ3n) is 4.93. The first-order chi connectivity index (χ1) is 14.4. The summed E-state index contributed by atoms with van der Waals surface area (Å²) in [5, 5.41) is 0. The second-order valence-electron chi connectivity index (χ2n) is 7.37. The van der Waals surface area contributed by atoms with Gasteiger partial charge in [0.25, 0.3) is 0 Å². The molecular weight excluding hydrogens is 378 g/mol. The summed E-state index contributed by atoms with van der Waals surface area (Å²) < 4.78 is 3.12. The van der Waals surface area contributed by atoms with Gasteiger partial charge in [-0.2, -0.15) is 0 Å². The van der Waals surface area contributed by atoms with E-state index < -0.39 is 17.1 Å². The van der Waals surface area contributed by atoms with Gasteiger partial charge in [-0.15, -0.1) is 0 Å². The van der Waals surface area contributed by atoms with E-state index >= 15 is 0 Å². The number of hydrogen-bond acceptors (Lipinski definition) is 3. The fourth-order valence-corrected chi connectivity index (χ4v) is 3.51. The van der Waals surface area contributed by atoms with Crippen LogP contribution in [0.5, 0.6) is 0 Å². The quantitative estimate of drug-likeness (QED) is 0.532. The first-order valence-corrected chi connectivity index (χ1v) is 9.59. The van der Waals surface area contributed by atoms with Gasteiger partial charge in [0.15, 0.2) is 0 Å². The van der Waals surface area contributed by atoms with E-state index in [4.69, 9.17) is 0 Å². The fourth-order valence-electron chi connectivity index (χ4n) is 3.51. The third-order valence-corrected chi connectivity index (χ3v) is 4.93. The van der Waals surface area contributed by atoms with Crippen molar-refractivity contribution in [3.8, 4) is 17.1 Å². The third kappa shape index (κ3) is 3.33. The molecular formula is C24H21N3O3. The summed E-state index contributed by atoms with van der Waals surface area (Å²) in [7, 11) is 0. The van der Waals surface area contributed by atoms with Crippen LogP contribution in [0.2, 0.25) is 0 Å². The highest BCUT2D eigenvalue weighted by Gasteiger charge is 2.19. The summed E-state index contributed by atoms with van der Waals surface area (Å²) in [6.07, 6.45) is 0. The molecule has 0 aliphatic rings. The molecule has 0 aliphatic carbocycles. The molecule has 0 fully saturated rings. The maximum Gasteiger partial charge on any atom is 0.345 e. The maximum absolute atomic E-state index is 13.4. The number of benzene rings is 3. The largest absolute Gasteiger partial charge is 0.345 e. The van der Waals surface area contributed by atoms with Crippen LogP contribution in [-0.4, -0.2) is 13.7 Å². The Morgan fingerprint density at radius 1 is 0.467 bits per heavy atom. The van der Waals surface area contributed by atoms with Gasteiger partial charge in [0, 0.05) is 0 Å². The monoisotopic (exact) mass is 399 g/mol. The van der Waals surface area contributed by atoms with Crippen molar-refractivity contribution in [1.29, 1.82) is 0 Å². The molecule has 0 amide bonds. The Morgan fingerprint density at radius 2 is 0.733 bits per heavy atom. The van der Waals surface area contributed by atoms with Crippen molar-refractivity contribution in [2.24, 2.45) is 0 Å². The zero-order valence-corrected chi connectivity index (χ0v) is 17.0. The number of nitrogens with zero attached hydrogens (tertiary/aromatic N) is 3. The molecule has 0 saturated carbocycles. The lowest BCUT2D eigenvalue weighted by atomic mass is 10.2. The molecule has 30 heavy (non-hydrogen) atoms. The van der Waals surface area contributed by atoms with Crippen molar-refractivity contribution in [2.45, 2.75) is 20.8 Å². The van der Waals surface area contributed by atoms with Crippen LogP contribution in [0.3, 0.4) is 0 Å². The lowest BCUT2D eigenvalue weighted by Gasteiger charge is -2.15. The average molecular weight is 399 g/mol. The summed E-state index contributed by atoms with van der Waals surface area (Å²) in [6, 6.07) is 21.2. The van der Waals surface area contributed by atoms with E-state index in [0.717, 1.165) is 30.4 Å². The highest BCUT2D eigenvalue weighted by molar-refractivity contribution is 5.40. The van der Waals surface area contributed by atoms with E-state index in [0.29, 0.717) is 17.1 Å². The number of rotatable bonds is 3. The predicted octanol–water partition coefficient (Wildman–Crippen LogP) is 3.06. The van der Waals surface area contributed by atoms with Crippen molar-refractivity contribution in [2.75, 3.05) is 0 Å². The van der Waals surface area contributed by atoms with Crippen LogP contribution in [0.1, 0.15) is 16.7 Å². The smallest absolute Gasteiger partial charge is 0.246 e. The molecule has 150 valence electrons. The van der Waals surface area contributed by atoms with Crippen LogP contribution in [0.4, 0.5) is 0 Å². The minimum atomic E-state index is -0.704. The Morgan fingerprint density at radius 3 is 0.967 bits per heavy atom. The summed E-state index contributed by atoms with van der Waals surface area (Å²) >= 11 is 0. The molecule has 0 spiro atoms. The van der Waals surface area contributed by atoms with Crippen molar-refractivity contribution >= 4 is 0 Å². The molecule has 0 saturated heterocycles. The zero-order valence-electron chi connectivity index (χ0n) is 17.0. The molecule has 0 bridgehead atoms. The van der Waals surface area contributed by atoms with E-state index in [1.165, 1.54) is 0 Å². The van der Waals surface area contributed by atoms with Gasteiger partial charge >= 0.3 is 17.1 Å². The van der Waals surface area contributed by atoms with Gasteiger partial charge in [-0.05, 0) is 73.9 Å². The van der Waals surface area contributed by atoms with Crippen molar-refractivity contribution in [1.82, 2.24) is 13.7 Å². The molecule has 1 aromatic heterocycles. The Bertz CT molecular complexity index is 1240. The first kappa shape index (κ1) is 19.4. The first-order valence-electron chi connectivity index (χ1n) is 9.59.